The Balaban J connectivity index is 1.81. The Morgan fingerprint density at radius 2 is 2.06 bits per heavy atom. The molecule has 0 amide bonds. The molecule has 2 bridgehead atoms. The number of nitrogens with one attached hydrogen (secondary N) is 1. The summed E-state index contributed by atoms with van der Waals surface area (Å²) >= 11 is 0. The molecule has 0 spiro atoms. The summed E-state index contributed by atoms with van der Waals surface area (Å²) in [6.07, 6.45) is 4.59. The van der Waals surface area contributed by atoms with E-state index in [1.54, 1.807) is 0 Å². The summed E-state index contributed by atoms with van der Waals surface area (Å²) in [6.45, 7) is 2.74. The van der Waals surface area contributed by atoms with Crippen molar-refractivity contribution >= 4 is 0 Å². The maximum atomic E-state index is 12.9. The molecule has 2 aliphatic carbocycles. The van der Waals surface area contributed by atoms with Crippen LogP contribution < -0.4 is 5.32 Å². The molecular weight excluding hydrogens is 208 g/mol. The Labute approximate surface area is 97.0 Å². The van der Waals surface area contributed by atoms with Crippen molar-refractivity contribution in [3.05, 3.63) is 0 Å². The number of hydrogen-bond donors (Lipinski definition) is 1. The van der Waals surface area contributed by atoms with Gasteiger partial charge in [-0.2, -0.15) is 0 Å². The summed E-state index contributed by atoms with van der Waals surface area (Å²) in [6, 6.07) is -0.565. The van der Waals surface area contributed by atoms with Gasteiger partial charge in [0.15, 0.2) is 0 Å². The first-order chi connectivity index (χ1) is 7.70. The van der Waals surface area contributed by atoms with Gasteiger partial charge in [-0.25, -0.2) is 8.78 Å². The molecule has 4 atom stereocenters. The van der Waals surface area contributed by atoms with Gasteiger partial charge in [0.25, 0.3) is 6.43 Å². The molecule has 2 rings (SSSR count). The van der Waals surface area contributed by atoms with E-state index in [1.165, 1.54) is 25.7 Å². The highest BCUT2D eigenvalue weighted by Gasteiger charge is 2.41. The van der Waals surface area contributed by atoms with E-state index in [9.17, 15) is 8.78 Å². The Morgan fingerprint density at radius 3 is 2.56 bits per heavy atom. The van der Waals surface area contributed by atoms with Crippen molar-refractivity contribution in [3.8, 4) is 0 Å². The van der Waals surface area contributed by atoms with Gasteiger partial charge in [0.2, 0.25) is 0 Å². The largest absolute Gasteiger partial charge is 0.309 e. The Kier molecular flexibility index (Phi) is 4.17. The summed E-state index contributed by atoms with van der Waals surface area (Å²) in [4.78, 5) is 0. The van der Waals surface area contributed by atoms with E-state index in [0.29, 0.717) is 12.3 Å². The lowest BCUT2D eigenvalue weighted by Gasteiger charge is -2.27. The average molecular weight is 231 g/mol. The van der Waals surface area contributed by atoms with Crippen LogP contribution in [-0.4, -0.2) is 19.0 Å². The average Bonchev–Trinajstić information content (AvgIpc) is 2.85. The topological polar surface area (TPSA) is 12.0 Å². The lowest BCUT2D eigenvalue weighted by Crippen LogP contribution is -2.38. The minimum Gasteiger partial charge on any atom is -0.309 e. The Morgan fingerprint density at radius 1 is 1.25 bits per heavy atom. The standard InChI is InChI=1S/C13H23F2N/c1-2-5-16-12(13(14)15)8-11-7-9-3-4-10(11)6-9/h9-13,16H,2-8H2,1H3. The van der Waals surface area contributed by atoms with Crippen LogP contribution >= 0.6 is 0 Å². The van der Waals surface area contributed by atoms with E-state index in [4.69, 9.17) is 0 Å². The van der Waals surface area contributed by atoms with E-state index >= 15 is 0 Å². The third-order valence-electron chi connectivity index (χ3n) is 4.40. The summed E-state index contributed by atoms with van der Waals surface area (Å²) < 4.78 is 25.7. The first-order valence-corrected chi connectivity index (χ1v) is 6.72. The van der Waals surface area contributed by atoms with Crippen molar-refractivity contribution in [3.63, 3.8) is 0 Å². The monoisotopic (exact) mass is 231 g/mol. The zero-order chi connectivity index (χ0) is 11.5. The van der Waals surface area contributed by atoms with Crippen LogP contribution in [0, 0.1) is 17.8 Å². The zero-order valence-electron chi connectivity index (χ0n) is 10.1. The fraction of sp³-hybridized carbons (Fsp3) is 1.00. The van der Waals surface area contributed by atoms with Crippen LogP contribution in [0.3, 0.4) is 0 Å². The van der Waals surface area contributed by atoms with E-state index in [1.807, 2.05) is 6.92 Å². The third kappa shape index (κ3) is 2.73. The summed E-state index contributed by atoms with van der Waals surface area (Å²) in [5.41, 5.74) is 0. The van der Waals surface area contributed by atoms with Gasteiger partial charge in [0, 0.05) is 0 Å². The predicted octanol–water partition coefficient (Wildman–Crippen LogP) is 3.45. The highest BCUT2D eigenvalue weighted by atomic mass is 19.3. The number of fused-ring (bicyclic) bond motifs is 2. The van der Waals surface area contributed by atoms with Crippen LogP contribution in [0.4, 0.5) is 8.78 Å². The quantitative estimate of drug-likeness (QED) is 0.738. The fourth-order valence-electron chi connectivity index (χ4n) is 3.60. The van der Waals surface area contributed by atoms with Crippen molar-refractivity contribution in [2.45, 2.75) is 57.9 Å². The number of halogens is 2. The summed E-state index contributed by atoms with van der Waals surface area (Å²) in [5.74, 6) is 2.19. The van der Waals surface area contributed by atoms with Crippen LogP contribution in [0.2, 0.25) is 0 Å². The van der Waals surface area contributed by atoms with Crippen molar-refractivity contribution in [1.82, 2.24) is 5.32 Å². The number of hydrogen-bond acceptors (Lipinski definition) is 1. The van der Waals surface area contributed by atoms with Crippen LogP contribution in [-0.2, 0) is 0 Å². The van der Waals surface area contributed by atoms with E-state index in [2.05, 4.69) is 5.32 Å². The molecule has 2 aliphatic rings. The molecule has 0 aromatic heterocycles. The van der Waals surface area contributed by atoms with Gasteiger partial charge in [-0.3, -0.25) is 0 Å². The molecule has 0 radical (unpaired) electrons. The van der Waals surface area contributed by atoms with Crippen molar-refractivity contribution in [1.29, 1.82) is 0 Å². The van der Waals surface area contributed by atoms with Gasteiger partial charge in [0.05, 0.1) is 6.04 Å². The van der Waals surface area contributed by atoms with Gasteiger partial charge in [-0.1, -0.05) is 13.3 Å². The van der Waals surface area contributed by atoms with Crippen molar-refractivity contribution in [2.24, 2.45) is 17.8 Å². The molecular formula is C13H23F2N. The van der Waals surface area contributed by atoms with Crippen LogP contribution in [0.5, 0.6) is 0 Å². The summed E-state index contributed by atoms with van der Waals surface area (Å²) in [5, 5.41) is 3.01. The summed E-state index contributed by atoms with van der Waals surface area (Å²) in [7, 11) is 0. The number of rotatable bonds is 6. The van der Waals surface area contributed by atoms with Crippen LogP contribution in [0.1, 0.15) is 45.4 Å². The predicted molar refractivity (Wildman–Crippen MR) is 61.6 cm³/mol. The molecule has 0 heterocycles. The van der Waals surface area contributed by atoms with Gasteiger partial charge in [-0.05, 0) is 56.4 Å². The zero-order valence-corrected chi connectivity index (χ0v) is 10.1. The highest BCUT2D eigenvalue weighted by molar-refractivity contribution is 4.92. The maximum absolute atomic E-state index is 12.9. The SMILES string of the molecule is CCCNC(CC1CC2CCC1C2)C(F)F. The third-order valence-corrected chi connectivity index (χ3v) is 4.40. The van der Waals surface area contributed by atoms with Crippen LogP contribution in [0.25, 0.3) is 0 Å². The molecule has 94 valence electrons. The Bertz CT molecular complexity index is 220. The molecule has 0 aromatic rings. The minimum absolute atomic E-state index is 0.565. The first-order valence-electron chi connectivity index (χ1n) is 6.72. The van der Waals surface area contributed by atoms with Gasteiger partial charge in [-0.15, -0.1) is 0 Å². The van der Waals surface area contributed by atoms with Gasteiger partial charge < -0.3 is 5.32 Å². The number of alkyl halides is 2. The molecule has 0 aliphatic heterocycles. The van der Waals surface area contributed by atoms with E-state index in [-0.39, 0.29) is 0 Å². The molecule has 2 saturated carbocycles. The van der Waals surface area contributed by atoms with Gasteiger partial charge >= 0.3 is 0 Å². The van der Waals surface area contributed by atoms with Crippen molar-refractivity contribution < 1.29 is 8.78 Å². The minimum atomic E-state index is -2.20. The second-order valence-electron chi connectivity index (χ2n) is 5.57. The molecule has 0 saturated heterocycles. The van der Waals surface area contributed by atoms with E-state index in [0.717, 1.165) is 24.8 Å². The van der Waals surface area contributed by atoms with Crippen molar-refractivity contribution in [2.75, 3.05) is 6.54 Å². The second kappa shape index (κ2) is 5.44. The molecule has 0 aromatic carbocycles. The first kappa shape index (κ1) is 12.3. The lowest BCUT2D eigenvalue weighted by atomic mass is 9.84. The fourth-order valence-corrected chi connectivity index (χ4v) is 3.60. The van der Waals surface area contributed by atoms with E-state index < -0.39 is 12.5 Å². The Hall–Kier alpha value is -0.180. The maximum Gasteiger partial charge on any atom is 0.253 e. The normalized spacial score (nSPS) is 34.9. The molecule has 4 unspecified atom stereocenters. The molecule has 1 nitrogen and oxygen atoms in total. The van der Waals surface area contributed by atoms with Crippen LogP contribution in [0.15, 0.2) is 0 Å². The molecule has 16 heavy (non-hydrogen) atoms. The lowest BCUT2D eigenvalue weighted by molar-refractivity contribution is 0.0793. The highest BCUT2D eigenvalue weighted by Crippen LogP contribution is 2.50. The molecule has 3 heteroatoms. The molecule has 1 N–H and O–H groups in total. The second-order valence-corrected chi connectivity index (χ2v) is 5.57. The smallest absolute Gasteiger partial charge is 0.253 e. The van der Waals surface area contributed by atoms with Gasteiger partial charge in [0.1, 0.15) is 0 Å². The molecule has 2 fully saturated rings.